The van der Waals surface area contributed by atoms with Crippen molar-refractivity contribution >= 4 is 17.3 Å². The number of hydrogen-bond acceptors (Lipinski definition) is 2. The molecule has 0 aliphatic heterocycles. The third-order valence-electron chi connectivity index (χ3n) is 2.76. The van der Waals surface area contributed by atoms with Crippen LogP contribution in [0.25, 0.3) is 22.4 Å². The van der Waals surface area contributed by atoms with E-state index in [-0.39, 0.29) is 5.82 Å². The van der Waals surface area contributed by atoms with Gasteiger partial charge in [-0.25, -0.2) is 9.37 Å². The summed E-state index contributed by atoms with van der Waals surface area (Å²) in [5.41, 5.74) is 2.97. The number of aromatic amines is 1. The number of carbonyl (C=O) groups is 1. The van der Waals surface area contributed by atoms with Gasteiger partial charge in [0.05, 0.1) is 11.0 Å². The molecule has 0 fully saturated rings. The molecule has 1 N–H and O–H groups in total. The van der Waals surface area contributed by atoms with Crippen LogP contribution in [0, 0.1) is 5.82 Å². The van der Waals surface area contributed by atoms with Gasteiger partial charge < -0.3 is 4.98 Å². The van der Waals surface area contributed by atoms with Gasteiger partial charge in [0, 0.05) is 11.1 Å². The van der Waals surface area contributed by atoms with Crippen LogP contribution in [0.15, 0.2) is 42.5 Å². The van der Waals surface area contributed by atoms with Gasteiger partial charge in [-0.3, -0.25) is 4.79 Å². The second-order valence-electron chi connectivity index (χ2n) is 3.99. The largest absolute Gasteiger partial charge is 0.338 e. The second kappa shape index (κ2) is 4.07. The van der Waals surface area contributed by atoms with Gasteiger partial charge in [-0.15, -0.1) is 0 Å². The smallest absolute Gasteiger partial charge is 0.150 e. The Balaban J connectivity index is 2.12. The van der Waals surface area contributed by atoms with E-state index < -0.39 is 0 Å². The molecule has 0 radical (unpaired) electrons. The van der Waals surface area contributed by atoms with E-state index in [0.29, 0.717) is 11.4 Å². The summed E-state index contributed by atoms with van der Waals surface area (Å²) in [6.07, 6.45) is 0.790. The van der Waals surface area contributed by atoms with Crippen molar-refractivity contribution in [3.05, 3.63) is 53.8 Å². The summed E-state index contributed by atoms with van der Waals surface area (Å²) in [4.78, 5) is 18.2. The number of fused-ring (bicyclic) bond motifs is 1. The average molecular weight is 240 g/mol. The summed E-state index contributed by atoms with van der Waals surface area (Å²) in [5, 5.41) is 0. The molecular weight excluding hydrogens is 231 g/mol. The molecule has 0 bridgehead atoms. The highest BCUT2D eigenvalue weighted by Gasteiger charge is 2.05. The molecule has 0 aliphatic rings. The van der Waals surface area contributed by atoms with Crippen LogP contribution in [0.4, 0.5) is 4.39 Å². The van der Waals surface area contributed by atoms with Gasteiger partial charge in [-0.2, -0.15) is 0 Å². The van der Waals surface area contributed by atoms with Crippen LogP contribution in [0.5, 0.6) is 0 Å². The van der Waals surface area contributed by atoms with Gasteiger partial charge in [0.15, 0.2) is 0 Å². The monoisotopic (exact) mass is 240 g/mol. The topological polar surface area (TPSA) is 45.8 Å². The maximum absolute atomic E-state index is 12.8. The predicted octanol–water partition coefficient (Wildman–Crippen LogP) is 3.18. The fraction of sp³-hybridized carbons (Fsp3) is 0. The van der Waals surface area contributed by atoms with Gasteiger partial charge in [0.25, 0.3) is 0 Å². The Labute approximate surface area is 102 Å². The van der Waals surface area contributed by atoms with Crippen molar-refractivity contribution in [3.63, 3.8) is 0 Å². The van der Waals surface area contributed by atoms with Gasteiger partial charge in [0.2, 0.25) is 0 Å². The number of hydrogen-bond donors (Lipinski definition) is 1. The van der Waals surface area contributed by atoms with Crippen LogP contribution < -0.4 is 0 Å². The molecule has 3 aromatic rings. The maximum Gasteiger partial charge on any atom is 0.150 e. The Hall–Kier alpha value is -2.49. The van der Waals surface area contributed by atoms with Crippen LogP contribution >= 0.6 is 0 Å². The summed E-state index contributed by atoms with van der Waals surface area (Å²) >= 11 is 0. The van der Waals surface area contributed by atoms with Gasteiger partial charge >= 0.3 is 0 Å². The third-order valence-corrected chi connectivity index (χ3v) is 2.76. The normalized spacial score (nSPS) is 10.7. The summed E-state index contributed by atoms with van der Waals surface area (Å²) in [5.74, 6) is 0.381. The fourth-order valence-corrected chi connectivity index (χ4v) is 1.85. The number of benzene rings is 2. The number of halogens is 1. The van der Waals surface area contributed by atoms with Crippen molar-refractivity contribution in [2.24, 2.45) is 0 Å². The lowest BCUT2D eigenvalue weighted by Crippen LogP contribution is -1.80. The molecule has 1 heterocycles. The van der Waals surface area contributed by atoms with E-state index in [0.717, 1.165) is 22.9 Å². The Morgan fingerprint density at radius 2 is 1.89 bits per heavy atom. The number of H-pyrrole nitrogens is 1. The molecule has 0 saturated carbocycles. The lowest BCUT2D eigenvalue weighted by Gasteiger charge is -1.94. The van der Waals surface area contributed by atoms with Crippen molar-refractivity contribution in [3.8, 4) is 11.4 Å². The molecule has 2 aromatic carbocycles. The number of nitrogens with zero attached hydrogens (tertiary/aromatic N) is 1. The quantitative estimate of drug-likeness (QED) is 0.699. The Bertz CT molecular complexity index is 716. The number of carbonyl (C=O) groups excluding carboxylic acids is 1. The van der Waals surface area contributed by atoms with E-state index in [9.17, 15) is 9.18 Å². The Kier molecular flexibility index (Phi) is 2.41. The first-order valence-corrected chi connectivity index (χ1v) is 5.47. The van der Waals surface area contributed by atoms with E-state index in [4.69, 9.17) is 0 Å². The van der Waals surface area contributed by atoms with Gasteiger partial charge in [-0.1, -0.05) is 0 Å². The van der Waals surface area contributed by atoms with Crippen molar-refractivity contribution in [1.29, 1.82) is 0 Å². The average Bonchev–Trinajstić information content (AvgIpc) is 2.82. The zero-order valence-electron chi connectivity index (χ0n) is 9.35. The zero-order chi connectivity index (χ0) is 12.5. The van der Waals surface area contributed by atoms with Crippen molar-refractivity contribution in [2.75, 3.05) is 0 Å². The molecule has 0 saturated heterocycles. The van der Waals surface area contributed by atoms with Gasteiger partial charge in [-0.05, 0) is 42.5 Å². The molecule has 0 atom stereocenters. The second-order valence-corrected chi connectivity index (χ2v) is 3.99. The Morgan fingerprint density at radius 1 is 1.11 bits per heavy atom. The van der Waals surface area contributed by atoms with Crippen molar-refractivity contribution in [1.82, 2.24) is 9.97 Å². The highest BCUT2D eigenvalue weighted by Crippen LogP contribution is 2.21. The molecule has 18 heavy (non-hydrogen) atoms. The van der Waals surface area contributed by atoms with E-state index in [2.05, 4.69) is 9.97 Å². The molecule has 0 spiro atoms. The molecule has 0 unspecified atom stereocenters. The first kappa shape index (κ1) is 10.7. The van der Waals surface area contributed by atoms with Crippen LogP contribution in [0.2, 0.25) is 0 Å². The van der Waals surface area contributed by atoms with Crippen LogP contribution in [-0.2, 0) is 0 Å². The van der Waals surface area contributed by atoms with E-state index in [1.165, 1.54) is 12.1 Å². The number of rotatable bonds is 2. The fourth-order valence-electron chi connectivity index (χ4n) is 1.85. The molecule has 88 valence electrons. The standard InChI is InChI=1S/C14H9FN2O/c15-11-4-2-10(3-5-11)14-16-12-6-1-9(8-18)7-13(12)17-14/h1-8H,(H,16,17). The molecular formula is C14H9FN2O. The van der Waals surface area contributed by atoms with E-state index >= 15 is 0 Å². The SMILES string of the molecule is O=Cc1ccc2nc(-c3ccc(F)cc3)[nH]c2c1. The lowest BCUT2D eigenvalue weighted by atomic mass is 10.2. The minimum atomic E-state index is -0.280. The molecule has 1 aromatic heterocycles. The summed E-state index contributed by atoms with van der Waals surface area (Å²) in [6.45, 7) is 0. The van der Waals surface area contributed by atoms with Crippen LogP contribution in [0.1, 0.15) is 10.4 Å². The maximum atomic E-state index is 12.8. The van der Waals surface area contributed by atoms with Crippen molar-refractivity contribution in [2.45, 2.75) is 0 Å². The summed E-state index contributed by atoms with van der Waals surface area (Å²) < 4.78 is 12.8. The number of nitrogens with one attached hydrogen (secondary N) is 1. The summed E-state index contributed by atoms with van der Waals surface area (Å²) in [7, 11) is 0. The number of aromatic nitrogens is 2. The highest BCUT2D eigenvalue weighted by atomic mass is 19.1. The number of aldehydes is 1. The highest BCUT2D eigenvalue weighted by molar-refractivity contribution is 5.86. The lowest BCUT2D eigenvalue weighted by molar-refractivity contribution is 0.112. The first-order chi connectivity index (χ1) is 8.76. The van der Waals surface area contributed by atoms with E-state index in [1.807, 2.05) is 0 Å². The summed E-state index contributed by atoms with van der Waals surface area (Å²) in [6, 6.07) is 11.3. The number of imidazole rings is 1. The predicted molar refractivity (Wildman–Crippen MR) is 66.9 cm³/mol. The zero-order valence-corrected chi connectivity index (χ0v) is 9.35. The molecule has 3 nitrogen and oxygen atoms in total. The Morgan fingerprint density at radius 3 is 2.61 bits per heavy atom. The first-order valence-electron chi connectivity index (χ1n) is 5.47. The van der Waals surface area contributed by atoms with E-state index in [1.54, 1.807) is 30.3 Å². The van der Waals surface area contributed by atoms with Gasteiger partial charge in [0.1, 0.15) is 17.9 Å². The molecule has 0 amide bonds. The minimum Gasteiger partial charge on any atom is -0.338 e. The molecule has 4 heteroatoms. The molecule has 3 rings (SSSR count). The minimum absolute atomic E-state index is 0.280. The van der Waals surface area contributed by atoms with Crippen LogP contribution in [0.3, 0.4) is 0 Å². The molecule has 0 aliphatic carbocycles. The van der Waals surface area contributed by atoms with Crippen molar-refractivity contribution < 1.29 is 9.18 Å². The third kappa shape index (κ3) is 1.78. The van der Waals surface area contributed by atoms with Crippen LogP contribution in [-0.4, -0.2) is 16.3 Å².